The van der Waals surface area contributed by atoms with E-state index in [1.54, 1.807) is 0 Å². The highest BCUT2D eigenvalue weighted by Crippen LogP contribution is 2.69. The summed E-state index contributed by atoms with van der Waals surface area (Å²) < 4.78 is 0. The number of aryl methyl sites for hydroxylation is 2. The quantitative estimate of drug-likeness (QED) is 0.860. The zero-order valence-electron chi connectivity index (χ0n) is 11.6. The minimum Gasteiger partial charge on any atom is -0.326 e. The Morgan fingerprint density at radius 3 is 2.21 bits per heavy atom. The van der Waals surface area contributed by atoms with Crippen LogP contribution in [0.15, 0.2) is 18.2 Å². The second-order valence-electron chi connectivity index (χ2n) is 6.88. The van der Waals surface area contributed by atoms with Crippen LogP contribution in [0.1, 0.15) is 30.4 Å². The molecule has 4 rings (SSSR count). The molecule has 0 radical (unpaired) electrons. The summed E-state index contributed by atoms with van der Waals surface area (Å²) in [4.78, 5) is 12.4. The number of anilines is 1. The molecule has 100 valence electrons. The molecule has 3 saturated carbocycles. The van der Waals surface area contributed by atoms with E-state index in [0.29, 0.717) is 5.92 Å². The van der Waals surface area contributed by atoms with Gasteiger partial charge in [0.25, 0.3) is 0 Å². The molecule has 0 aromatic heterocycles. The van der Waals surface area contributed by atoms with Crippen molar-refractivity contribution in [2.45, 2.75) is 33.1 Å². The average Bonchev–Trinajstić information content (AvgIpc) is 2.78. The summed E-state index contributed by atoms with van der Waals surface area (Å²) in [6, 6.07) is 6.27. The Morgan fingerprint density at radius 2 is 1.63 bits per heavy atom. The number of fused-ring (bicyclic) bond motifs is 5. The maximum atomic E-state index is 12.4. The maximum Gasteiger partial charge on any atom is 0.228 e. The van der Waals surface area contributed by atoms with Gasteiger partial charge in [0.15, 0.2) is 0 Å². The Balaban J connectivity index is 1.48. The summed E-state index contributed by atoms with van der Waals surface area (Å²) in [6.07, 6.45) is 4.15. The highest BCUT2D eigenvalue weighted by molar-refractivity contribution is 5.95. The third-order valence-corrected chi connectivity index (χ3v) is 5.53. The topological polar surface area (TPSA) is 29.1 Å². The van der Waals surface area contributed by atoms with Crippen molar-refractivity contribution >= 4 is 11.6 Å². The number of rotatable bonds is 2. The Bertz CT molecular complexity index is 514. The van der Waals surface area contributed by atoms with Crippen molar-refractivity contribution in [1.82, 2.24) is 0 Å². The first-order valence-corrected chi connectivity index (χ1v) is 7.52. The fourth-order valence-electron chi connectivity index (χ4n) is 4.95. The molecule has 4 atom stereocenters. The molecule has 2 nitrogen and oxygen atoms in total. The minimum absolute atomic E-state index is 0.275. The van der Waals surface area contributed by atoms with Crippen LogP contribution in [0.4, 0.5) is 5.69 Å². The summed E-state index contributed by atoms with van der Waals surface area (Å²) >= 11 is 0. The standard InChI is InChI=1S/C17H21NO/c1-9-5-10(2)7-13(6-9)18-17(19)16-14-11-3-4-12(8-11)15(14)16/h5-7,11-12,14-16H,3-4,8H2,1-2H3,(H,18,19)/t11-,12-,14+,15+/m1/s1. The van der Waals surface area contributed by atoms with Gasteiger partial charge in [-0.15, -0.1) is 0 Å². The van der Waals surface area contributed by atoms with Gasteiger partial charge in [-0.1, -0.05) is 6.07 Å². The van der Waals surface area contributed by atoms with E-state index in [-0.39, 0.29) is 5.91 Å². The second-order valence-corrected chi connectivity index (χ2v) is 6.88. The van der Waals surface area contributed by atoms with E-state index >= 15 is 0 Å². The lowest BCUT2D eigenvalue weighted by atomic mass is 10.0. The van der Waals surface area contributed by atoms with Gasteiger partial charge in [0.05, 0.1) is 0 Å². The minimum atomic E-state index is 0.275. The molecule has 1 aromatic rings. The lowest BCUT2D eigenvalue weighted by Gasteiger charge is -2.10. The van der Waals surface area contributed by atoms with E-state index in [2.05, 4.69) is 37.4 Å². The van der Waals surface area contributed by atoms with Gasteiger partial charge in [-0.25, -0.2) is 0 Å². The number of hydrogen-bond acceptors (Lipinski definition) is 1. The normalized spacial score (nSPS) is 38.1. The molecule has 1 amide bonds. The third kappa shape index (κ3) is 1.73. The van der Waals surface area contributed by atoms with Crippen LogP contribution in [0.2, 0.25) is 0 Å². The van der Waals surface area contributed by atoms with Gasteiger partial charge >= 0.3 is 0 Å². The van der Waals surface area contributed by atoms with Crippen molar-refractivity contribution in [1.29, 1.82) is 0 Å². The molecule has 1 aromatic carbocycles. The smallest absolute Gasteiger partial charge is 0.228 e. The van der Waals surface area contributed by atoms with Crippen molar-refractivity contribution < 1.29 is 4.79 Å². The van der Waals surface area contributed by atoms with E-state index in [0.717, 1.165) is 29.4 Å². The molecule has 1 N–H and O–H groups in total. The number of benzene rings is 1. The molecular weight excluding hydrogens is 234 g/mol. The monoisotopic (exact) mass is 255 g/mol. The molecule has 19 heavy (non-hydrogen) atoms. The molecule has 0 heterocycles. The Hall–Kier alpha value is -1.31. The van der Waals surface area contributed by atoms with Gasteiger partial charge in [0.2, 0.25) is 5.91 Å². The second kappa shape index (κ2) is 3.84. The van der Waals surface area contributed by atoms with Gasteiger partial charge in [-0.05, 0) is 80.0 Å². The van der Waals surface area contributed by atoms with Crippen LogP contribution in [0.25, 0.3) is 0 Å². The molecule has 3 aliphatic carbocycles. The Morgan fingerprint density at radius 1 is 1.05 bits per heavy atom. The predicted molar refractivity (Wildman–Crippen MR) is 75.8 cm³/mol. The molecule has 3 fully saturated rings. The van der Waals surface area contributed by atoms with E-state index in [9.17, 15) is 4.79 Å². The summed E-state index contributed by atoms with van der Waals surface area (Å²) in [7, 11) is 0. The van der Waals surface area contributed by atoms with E-state index in [4.69, 9.17) is 0 Å². The van der Waals surface area contributed by atoms with Crippen LogP contribution >= 0.6 is 0 Å². The van der Waals surface area contributed by atoms with E-state index in [1.807, 2.05) is 0 Å². The largest absolute Gasteiger partial charge is 0.326 e. The lowest BCUT2D eigenvalue weighted by molar-refractivity contribution is -0.118. The van der Waals surface area contributed by atoms with Crippen molar-refractivity contribution in [3.8, 4) is 0 Å². The van der Waals surface area contributed by atoms with Crippen molar-refractivity contribution in [2.24, 2.45) is 29.6 Å². The average molecular weight is 255 g/mol. The molecule has 3 aliphatic rings. The highest BCUT2D eigenvalue weighted by atomic mass is 16.2. The first-order chi connectivity index (χ1) is 9.13. The van der Waals surface area contributed by atoms with Crippen LogP contribution in [0.3, 0.4) is 0 Å². The SMILES string of the molecule is Cc1cc(C)cc(NC(=O)C2[C@H]3[C@@H]4CC[C@H](C4)[C@H]23)c1. The van der Waals surface area contributed by atoms with Gasteiger partial charge in [-0.3, -0.25) is 4.79 Å². The molecule has 0 spiro atoms. The van der Waals surface area contributed by atoms with Crippen molar-refractivity contribution in [3.05, 3.63) is 29.3 Å². The predicted octanol–water partition coefficient (Wildman–Crippen LogP) is 3.53. The maximum absolute atomic E-state index is 12.4. The fraction of sp³-hybridized carbons (Fsp3) is 0.588. The zero-order chi connectivity index (χ0) is 13.1. The molecule has 0 aliphatic heterocycles. The number of nitrogens with one attached hydrogen (secondary N) is 1. The summed E-state index contributed by atoms with van der Waals surface area (Å²) in [5, 5.41) is 3.14. The van der Waals surface area contributed by atoms with Crippen LogP contribution in [0.5, 0.6) is 0 Å². The van der Waals surface area contributed by atoms with E-state index < -0.39 is 0 Å². The Kier molecular flexibility index (Phi) is 2.33. The van der Waals surface area contributed by atoms with Gasteiger partial charge < -0.3 is 5.32 Å². The van der Waals surface area contributed by atoms with Crippen LogP contribution < -0.4 is 5.32 Å². The number of carbonyl (C=O) groups excluding carboxylic acids is 1. The molecule has 2 bridgehead atoms. The number of carbonyl (C=O) groups is 1. The van der Waals surface area contributed by atoms with Gasteiger partial charge in [0.1, 0.15) is 0 Å². The molecular formula is C17H21NO. The molecule has 2 heteroatoms. The van der Waals surface area contributed by atoms with Crippen LogP contribution in [-0.4, -0.2) is 5.91 Å². The fourth-order valence-corrected chi connectivity index (χ4v) is 4.95. The van der Waals surface area contributed by atoms with Gasteiger partial charge in [0, 0.05) is 11.6 Å². The molecule has 0 saturated heterocycles. The summed E-state index contributed by atoms with van der Waals surface area (Å²) in [5.41, 5.74) is 3.40. The van der Waals surface area contributed by atoms with Crippen LogP contribution in [0, 0.1) is 43.4 Å². The summed E-state index contributed by atoms with van der Waals surface area (Å²) in [5.74, 6) is 3.79. The van der Waals surface area contributed by atoms with Crippen molar-refractivity contribution in [3.63, 3.8) is 0 Å². The molecule has 0 unspecified atom stereocenters. The summed E-state index contributed by atoms with van der Waals surface area (Å²) in [6.45, 7) is 4.16. The highest BCUT2D eigenvalue weighted by Gasteiger charge is 2.67. The lowest BCUT2D eigenvalue weighted by Crippen LogP contribution is -2.18. The Labute approximate surface area is 114 Å². The third-order valence-electron chi connectivity index (χ3n) is 5.53. The van der Waals surface area contributed by atoms with Gasteiger partial charge in [-0.2, -0.15) is 0 Å². The van der Waals surface area contributed by atoms with E-state index in [1.165, 1.54) is 30.4 Å². The number of hydrogen-bond donors (Lipinski definition) is 1. The zero-order valence-corrected chi connectivity index (χ0v) is 11.6. The van der Waals surface area contributed by atoms with Crippen molar-refractivity contribution in [2.75, 3.05) is 5.32 Å². The number of amides is 1. The first kappa shape index (κ1) is 11.5. The van der Waals surface area contributed by atoms with Crippen LogP contribution in [-0.2, 0) is 4.79 Å². The first-order valence-electron chi connectivity index (χ1n) is 7.52.